The van der Waals surface area contributed by atoms with Crippen LogP contribution in [0.25, 0.3) is 0 Å². The van der Waals surface area contributed by atoms with Crippen molar-refractivity contribution in [3.63, 3.8) is 0 Å². The molecule has 0 saturated heterocycles. The molecule has 5 nitrogen and oxygen atoms in total. The standard InChI is InChI=1S/C9H6Br2ClN5/c10-4-1-2-5(11)6(3-4)14-9-16-7(12)15-8(13)17-9/h1-3H,(H3,13,14,15,16,17). The fourth-order valence-corrected chi connectivity index (χ4v) is 2.01. The van der Waals surface area contributed by atoms with E-state index < -0.39 is 0 Å². The van der Waals surface area contributed by atoms with E-state index in [9.17, 15) is 0 Å². The predicted molar refractivity (Wildman–Crippen MR) is 74.4 cm³/mol. The summed E-state index contributed by atoms with van der Waals surface area (Å²) >= 11 is 12.5. The maximum absolute atomic E-state index is 5.68. The monoisotopic (exact) mass is 377 g/mol. The number of benzene rings is 1. The third-order valence-electron chi connectivity index (χ3n) is 1.80. The molecule has 0 aliphatic rings. The number of rotatable bonds is 2. The van der Waals surface area contributed by atoms with Crippen molar-refractivity contribution in [2.75, 3.05) is 11.1 Å². The Balaban J connectivity index is 2.34. The number of nitrogens with two attached hydrogens (primary N) is 1. The lowest BCUT2D eigenvalue weighted by Crippen LogP contribution is -2.03. The molecule has 0 unspecified atom stereocenters. The first kappa shape index (κ1) is 12.5. The molecule has 17 heavy (non-hydrogen) atoms. The Labute approximate surface area is 119 Å². The summed E-state index contributed by atoms with van der Waals surface area (Å²) in [4.78, 5) is 11.5. The Morgan fingerprint density at radius 3 is 2.65 bits per heavy atom. The second-order valence-electron chi connectivity index (χ2n) is 3.04. The summed E-state index contributed by atoms with van der Waals surface area (Å²) in [6.07, 6.45) is 0. The Morgan fingerprint density at radius 2 is 1.94 bits per heavy atom. The van der Waals surface area contributed by atoms with E-state index in [-0.39, 0.29) is 11.2 Å². The summed E-state index contributed by atoms with van der Waals surface area (Å²) in [5.74, 6) is 0.361. The van der Waals surface area contributed by atoms with E-state index in [1.54, 1.807) is 0 Å². The number of hydrogen-bond donors (Lipinski definition) is 2. The first-order valence-corrected chi connectivity index (χ1v) is 6.40. The maximum atomic E-state index is 5.68. The minimum absolute atomic E-state index is 0.0473. The normalized spacial score (nSPS) is 10.3. The SMILES string of the molecule is Nc1nc(Cl)nc(Nc2cc(Br)ccc2Br)n1. The van der Waals surface area contributed by atoms with Crippen molar-refractivity contribution in [1.29, 1.82) is 0 Å². The molecule has 0 saturated carbocycles. The van der Waals surface area contributed by atoms with Gasteiger partial charge in [-0.15, -0.1) is 0 Å². The van der Waals surface area contributed by atoms with Crippen LogP contribution in [0.2, 0.25) is 5.28 Å². The highest BCUT2D eigenvalue weighted by Crippen LogP contribution is 2.28. The largest absolute Gasteiger partial charge is 0.368 e. The molecule has 0 atom stereocenters. The van der Waals surface area contributed by atoms with Crippen LogP contribution >= 0.6 is 43.5 Å². The lowest BCUT2D eigenvalue weighted by Gasteiger charge is -2.07. The van der Waals surface area contributed by atoms with Gasteiger partial charge >= 0.3 is 0 Å². The Hall–Kier alpha value is -0.920. The highest BCUT2D eigenvalue weighted by molar-refractivity contribution is 9.11. The number of nitrogen functional groups attached to an aromatic ring is 1. The molecule has 2 aromatic rings. The van der Waals surface area contributed by atoms with Gasteiger partial charge in [-0.2, -0.15) is 15.0 Å². The quantitative estimate of drug-likeness (QED) is 0.837. The van der Waals surface area contributed by atoms with Gasteiger partial charge in [0, 0.05) is 8.95 Å². The molecule has 1 heterocycles. The van der Waals surface area contributed by atoms with Crippen molar-refractivity contribution >= 4 is 61.0 Å². The number of nitrogens with one attached hydrogen (secondary N) is 1. The smallest absolute Gasteiger partial charge is 0.233 e. The zero-order chi connectivity index (χ0) is 12.4. The van der Waals surface area contributed by atoms with Crippen molar-refractivity contribution < 1.29 is 0 Å². The molecule has 0 aliphatic heterocycles. The average Bonchev–Trinajstić information content (AvgIpc) is 2.22. The van der Waals surface area contributed by atoms with Crippen LogP contribution in [-0.2, 0) is 0 Å². The lowest BCUT2D eigenvalue weighted by molar-refractivity contribution is 1.07. The van der Waals surface area contributed by atoms with Crippen LogP contribution in [0.3, 0.4) is 0 Å². The molecule has 2 rings (SSSR count). The van der Waals surface area contributed by atoms with Crippen molar-refractivity contribution in [3.05, 3.63) is 32.4 Å². The molecule has 8 heteroatoms. The zero-order valence-electron chi connectivity index (χ0n) is 8.28. The first-order chi connectivity index (χ1) is 8.04. The number of aromatic nitrogens is 3. The third kappa shape index (κ3) is 3.27. The minimum atomic E-state index is 0.0473. The van der Waals surface area contributed by atoms with E-state index in [4.69, 9.17) is 17.3 Å². The fraction of sp³-hybridized carbons (Fsp3) is 0. The zero-order valence-corrected chi connectivity index (χ0v) is 12.2. The minimum Gasteiger partial charge on any atom is -0.368 e. The number of hydrogen-bond acceptors (Lipinski definition) is 5. The molecule has 88 valence electrons. The van der Waals surface area contributed by atoms with Crippen LogP contribution in [0.4, 0.5) is 17.6 Å². The molecular weight excluding hydrogens is 373 g/mol. The van der Waals surface area contributed by atoms with E-state index in [0.717, 1.165) is 14.6 Å². The van der Waals surface area contributed by atoms with Crippen LogP contribution < -0.4 is 11.1 Å². The van der Waals surface area contributed by atoms with Gasteiger partial charge in [0.25, 0.3) is 0 Å². The number of nitrogens with zero attached hydrogens (tertiary/aromatic N) is 3. The first-order valence-electron chi connectivity index (χ1n) is 4.44. The van der Waals surface area contributed by atoms with Crippen molar-refractivity contribution in [3.8, 4) is 0 Å². The van der Waals surface area contributed by atoms with Crippen LogP contribution in [0.5, 0.6) is 0 Å². The van der Waals surface area contributed by atoms with Crippen molar-refractivity contribution in [1.82, 2.24) is 15.0 Å². The molecule has 0 bridgehead atoms. The molecular formula is C9H6Br2ClN5. The van der Waals surface area contributed by atoms with Gasteiger partial charge in [0.05, 0.1) is 5.69 Å². The van der Waals surface area contributed by atoms with Gasteiger partial charge in [-0.25, -0.2) is 0 Å². The van der Waals surface area contributed by atoms with Crippen molar-refractivity contribution in [2.45, 2.75) is 0 Å². The fourth-order valence-electron chi connectivity index (χ4n) is 1.14. The average molecular weight is 379 g/mol. The highest BCUT2D eigenvalue weighted by atomic mass is 79.9. The number of anilines is 3. The predicted octanol–water partition coefficient (Wildman–Crippen LogP) is 3.38. The van der Waals surface area contributed by atoms with Crippen LogP contribution in [-0.4, -0.2) is 15.0 Å². The van der Waals surface area contributed by atoms with E-state index in [0.29, 0.717) is 5.95 Å². The van der Waals surface area contributed by atoms with Gasteiger partial charge in [-0.3, -0.25) is 0 Å². The summed E-state index contributed by atoms with van der Waals surface area (Å²) in [5, 5.41) is 3.04. The summed E-state index contributed by atoms with van der Waals surface area (Å²) in [5.41, 5.74) is 6.27. The topological polar surface area (TPSA) is 76.7 Å². The second-order valence-corrected chi connectivity index (χ2v) is 5.14. The molecule has 0 radical (unpaired) electrons. The van der Waals surface area contributed by atoms with Gasteiger partial charge in [-0.1, -0.05) is 15.9 Å². The van der Waals surface area contributed by atoms with Gasteiger partial charge in [0.2, 0.25) is 17.2 Å². The Kier molecular flexibility index (Phi) is 3.80. The summed E-state index contributed by atoms with van der Waals surface area (Å²) in [6.45, 7) is 0. The van der Waals surface area contributed by atoms with Gasteiger partial charge in [-0.05, 0) is 45.7 Å². The Morgan fingerprint density at radius 1 is 1.18 bits per heavy atom. The Bertz CT molecular complexity index is 543. The van der Waals surface area contributed by atoms with Crippen LogP contribution in [0.15, 0.2) is 27.1 Å². The van der Waals surface area contributed by atoms with E-state index >= 15 is 0 Å². The molecule has 1 aromatic heterocycles. The summed E-state index contributed by atoms with van der Waals surface area (Å²) in [7, 11) is 0. The van der Waals surface area contributed by atoms with E-state index in [2.05, 4.69) is 52.1 Å². The molecule has 0 spiro atoms. The summed E-state index contributed by atoms with van der Waals surface area (Å²) < 4.78 is 1.80. The highest BCUT2D eigenvalue weighted by Gasteiger charge is 2.06. The number of halogens is 3. The lowest BCUT2D eigenvalue weighted by atomic mass is 10.3. The maximum Gasteiger partial charge on any atom is 0.233 e. The molecule has 0 amide bonds. The van der Waals surface area contributed by atoms with Gasteiger partial charge in [0.15, 0.2) is 0 Å². The molecule has 1 aromatic carbocycles. The van der Waals surface area contributed by atoms with Gasteiger partial charge < -0.3 is 11.1 Å². The van der Waals surface area contributed by atoms with E-state index in [1.807, 2.05) is 18.2 Å². The molecule has 3 N–H and O–H groups in total. The van der Waals surface area contributed by atoms with Gasteiger partial charge in [0.1, 0.15) is 0 Å². The molecule has 0 fully saturated rings. The third-order valence-corrected chi connectivity index (χ3v) is 3.15. The van der Waals surface area contributed by atoms with Crippen LogP contribution in [0.1, 0.15) is 0 Å². The van der Waals surface area contributed by atoms with Crippen molar-refractivity contribution in [2.24, 2.45) is 0 Å². The van der Waals surface area contributed by atoms with E-state index in [1.165, 1.54) is 0 Å². The molecule has 0 aliphatic carbocycles. The summed E-state index contributed by atoms with van der Waals surface area (Å²) in [6, 6.07) is 5.67. The second kappa shape index (κ2) is 5.16. The van der Waals surface area contributed by atoms with Crippen LogP contribution in [0, 0.1) is 0 Å².